The van der Waals surface area contributed by atoms with Crippen molar-refractivity contribution in [1.82, 2.24) is 5.32 Å². The highest BCUT2D eigenvalue weighted by molar-refractivity contribution is 6.31. The van der Waals surface area contributed by atoms with Crippen LogP contribution >= 0.6 is 11.6 Å². The van der Waals surface area contributed by atoms with E-state index in [4.69, 9.17) is 17.3 Å². The Morgan fingerprint density at radius 2 is 2.05 bits per heavy atom. The lowest BCUT2D eigenvalue weighted by Gasteiger charge is -2.36. The van der Waals surface area contributed by atoms with Crippen molar-refractivity contribution in [2.45, 2.75) is 31.7 Å². The second-order valence-corrected chi connectivity index (χ2v) is 6.49. The van der Waals surface area contributed by atoms with E-state index >= 15 is 0 Å². The fourth-order valence-corrected chi connectivity index (χ4v) is 3.81. The predicted octanol–water partition coefficient (Wildman–Crippen LogP) is 2.41. The molecule has 0 saturated carbocycles. The van der Waals surface area contributed by atoms with Gasteiger partial charge in [-0.15, -0.1) is 0 Å². The fourth-order valence-electron chi connectivity index (χ4n) is 3.64. The molecule has 4 nitrogen and oxygen atoms in total. The van der Waals surface area contributed by atoms with Gasteiger partial charge in [0.2, 0.25) is 0 Å². The molecular weight excluding hydrogens is 286 g/mol. The van der Waals surface area contributed by atoms with E-state index in [1.165, 1.54) is 25.7 Å². The summed E-state index contributed by atoms with van der Waals surface area (Å²) >= 11 is 5.97. The highest BCUT2D eigenvalue weighted by atomic mass is 35.5. The number of primary amides is 1. The number of carbonyl (C=O) groups is 1. The third-order valence-corrected chi connectivity index (χ3v) is 5.01. The zero-order valence-corrected chi connectivity index (χ0v) is 12.9. The average Bonchev–Trinajstić information content (AvgIpc) is 3.01. The summed E-state index contributed by atoms with van der Waals surface area (Å²) in [6.45, 7) is 3.11. The van der Waals surface area contributed by atoms with Crippen molar-refractivity contribution in [1.29, 1.82) is 0 Å². The molecule has 1 aromatic rings. The number of anilines is 1. The summed E-state index contributed by atoms with van der Waals surface area (Å²) in [5, 5.41) is 4.16. The zero-order valence-electron chi connectivity index (χ0n) is 12.1. The second-order valence-electron chi connectivity index (χ2n) is 6.05. The summed E-state index contributed by atoms with van der Waals surface area (Å²) in [6.07, 6.45) is 4.93. The molecule has 1 atom stereocenters. The summed E-state index contributed by atoms with van der Waals surface area (Å²) in [4.78, 5) is 13.9. The molecule has 0 aromatic heterocycles. The maximum atomic E-state index is 11.6. The lowest BCUT2D eigenvalue weighted by Crippen LogP contribution is -2.41. The van der Waals surface area contributed by atoms with Gasteiger partial charge in [-0.2, -0.15) is 0 Å². The van der Waals surface area contributed by atoms with Crippen LogP contribution in [0.5, 0.6) is 0 Å². The van der Waals surface area contributed by atoms with Gasteiger partial charge in [-0.1, -0.05) is 11.6 Å². The van der Waals surface area contributed by atoms with Crippen LogP contribution in [0.4, 0.5) is 5.69 Å². The van der Waals surface area contributed by atoms with Gasteiger partial charge in [0.1, 0.15) is 0 Å². The van der Waals surface area contributed by atoms with Crippen LogP contribution in [0.1, 0.15) is 36.0 Å². The maximum absolute atomic E-state index is 11.6. The first kappa shape index (κ1) is 14.7. The number of nitrogens with two attached hydrogens (primary N) is 1. The summed E-state index contributed by atoms with van der Waals surface area (Å²) in [6, 6.07) is 6.10. The van der Waals surface area contributed by atoms with Crippen molar-refractivity contribution in [3.63, 3.8) is 0 Å². The lowest BCUT2D eigenvalue weighted by molar-refractivity contribution is 0.100. The SMILES string of the molecule is NC(=O)c1cc(Cl)ccc1N1CCC(C2CCCN2)CC1. The van der Waals surface area contributed by atoms with E-state index in [0.29, 0.717) is 16.6 Å². The number of nitrogens with zero attached hydrogens (tertiary/aromatic N) is 1. The van der Waals surface area contributed by atoms with Crippen LogP contribution in [0.25, 0.3) is 0 Å². The first-order valence-electron chi connectivity index (χ1n) is 7.73. The van der Waals surface area contributed by atoms with Gasteiger partial charge in [-0.25, -0.2) is 0 Å². The summed E-state index contributed by atoms with van der Waals surface area (Å²) in [5.74, 6) is 0.347. The minimum atomic E-state index is -0.410. The number of rotatable bonds is 3. The van der Waals surface area contributed by atoms with E-state index < -0.39 is 5.91 Å². The maximum Gasteiger partial charge on any atom is 0.250 e. The van der Waals surface area contributed by atoms with Crippen LogP contribution in [-0.4, -0.2) is 31.6 Å². The number of piperidine rings is 1. The molecular formula is C16H22ClN3O. The van der Waals surface area contributed by atoms with Gasteiger partial charge in [-0.05, 0) is 56.3 Å². The molecule has 0 radical (unpaired) electrons. The number of halogens is 1. The number of hydrogen-bond donors (Lipinski definition) is 2. The molecule has 3 rings (SSSR count). The zero-order chi connectivity index (χ0) is 14.8. The van der Waals surface area contributed by atoms with E-state index in [1.807, 2.05) is 12.1 Å². The second kappa shape index (κ2) is 6.24. The van der Waals surface area contributed by atoms with Crippen molar-refractivity contribution >= 4 is 23.2 Å². The van der Waals surface area contributed by atoms with Crippen LogP contribution in [0.2, 0.25) is 5.02 Å². The van der Waals surface area contributed by atoms with Crippen molar-refractivity contribution in [3.8, 4) is 0 Å². The Bertz CT molecular complexity index is 520. The number of hydrogen-bond acceptors (Lipinski definition) is 3. The molecule has 21 heavy (non-hydrogen) atoms. The highest BCUT2D eigenvalue weighted by Crippen LogP contribution is 2.31. The number of amides is 1. The van der Waals surface area contributed by atoms with Gasteiger partial charge in [0.15, 0.2) is 0 Å². The molecule has 2 heterocycles. The first-order valence-corrected chi connectivity index (χ1v) is 8.10. The third-order valence-electron chi connectivity index (χ3n) is 4.77. The van der Waals surface area contributed by atoms with Gasteiger partial charge in [0.25, 0.3) is 5.91 Å². The van der Waals surface area contributed by atoms with Gasteiger partial charge in [0, 0.05) is 29.8 Å². The Morgan fingerprint density at radius 1 is 1.29 bits per heavy atom. The van der Waals surface area contributed by atoms with Crippen LogP contribution in [0.3, 0.4) is 0 Å². The molecule has 1 aromatic carbocycles. The Kier molecular flexibility index (Phi) is 4.36. The molecule has 2 aliphatic heterocycles. The van der Waals surface area contributed by atoms with E-state index in [0.717, 1.165) is 31.2 Å². The summed E-state index contributed by atoms with van der Waals surface area (Å²) < 4.78 is 0. The van der Waals surface area contributed by atoms with Crippen LogP contribution < -0.4 is 16.0 Å². The Morgan fingerprint density at radius 3 is 2.67 bits per heavy atom. The van der Waals surface area contributed by atoms with E-state index in [2.05, 4.69) is 10.2 Å². The molecule has 0 aliphatic carbocycles. The Balaban J connectivity index is 1.70. The van der Waals surface area contributed by atoms with E-state index in [-0.39, 0.29) is 0 Å². The Labute approximate surface area is 130 Å². The molecule has 2 aliphatic rings. The number of benzene rings is 1. The van der Waals surface area contributed by atoms with Crippen LogP contribution in [0, 0.1) is 5.92 Å². The molecule has 0 spiro atoms. The average molecular weight is 308 g/mol. The minimum Gasteiger partial charge on any atom is -0.371 e. The Hall–Kier alpha value is -1.26. The van der Waals surface area contributed by atoms with E-state index in [9.17, 15) is 4.79 Å². The van der Waals surface area contributed by atoms with Gasteiger partial charge < -0.3 is 16.0 Å². The summed E-state index contributed by atoms with van der Waals surface area (Å²) in [5.41, 5.74) is 6.93. The van der Waals surface area contributed by atoms with Crippen molar-refractivity contribution < 1.29 is 4.79 Å². The fraction of sp³-hybridized carbons (Fsp3) is 0.562. The topological polar surface area (TPSA) is 58.4 Å². The lowest BCUT2D eigenvalue weighted by atomic mass is 9.88. The van der Waals surface area contributed by atoms with Gasteiger partial charge in [-0.3, -0.25) is 4.79 Å². The normalized spacial score (nSPS) is 23.5. The summed E-state index contributed by atoms with van der Waals surface area (Å²) in [7, 11) is 0. The third kappa shape index (κ3) is 3.16. The van der Waals surface area contributed by atoms with Gasteiger partial charge >= 0.3 is 0 Å². The quantitative estimate of drug-likeness (QED) is 0.901. The molecule has 2 saturated heterocycles. The minimum absolute atomic E-state index is 0.410. The molecule has 114 valence electrons. The molecule has 3 N–H and O–H groups in total. The van der Waals surface area contributed by atoms with Gasteiger partial charge in [0.05, 0.1) is 5.56 Å². The highest BCUT2D eigenvalue weighted by Gasteiger charge is 2.29. The first-order chi connectivity index (χ1) is 10.1. The standard InChI is InChI=1S/C16H22ClN3O/c17-12-3-4-15(13(10-12)16(18)21)20-8-5-11(6-9-20)14-2-1-7-19-14/h3-4,10-11,14,19H,1-2,5-9H2,(H2,18,21). The largest absolute Gasteiger partial charge is 0.371 e. The van der Waals surface area contributed by atoms with Crippen molar-refractivity contribution in [2.75, 3.05) is 24.5 Å². The molecule has 2 fully saturated rings. The van der Waals surface area contributed by atoms with Crippen molar-refractivity contribution in [2.24, 2.45) is 11.7 Å². The molecule has 1 amide bonds. The predicted molar refractivity (Wildman–Crippen MR) is 85.9 cm³/mol. The number of carbonyl (C=O) groups excluding carboxylic acids is 1. The van der Waals surface area contributed by atoms with Crippen molar-refractivity contribution in [3.05, 3.63) is 28.8 Å². The van der Waals surface area contributed by atoms with Crippen LogP contribution in [-0.2, 0) is 0 Å². The monoisotopic (exact) mass is 307 g/mol. The molecule has 1 unspecified atom stereocenters. The van der Waals surface area contributed by atoms with Crippen LogP contribution in [0.15, 0.2) is 18.2 Å². The van der Waals surface area contributed by atoms with E-state index in [1.54, 1.807) is 6.07 Å². The molecule has 5 heteroatoms. The smallest absolute Gasteiger partial charge is 0.250 e. The number of nitrogens with one attached hydrogen (secondary N) is 1. The molecule has 0 bridgehead atoms.